The predicted molar refractivity (Wildman–Crippen MR) is 43.1 cm³/mol. The van der Waals surface area contributed by atoms with Gasteiger partial charge in [-0.05, 0) is 7.05 Å². The molecule has 0 bridgehead atoms. The molecule has 5 nitrogen and oxygen atoms in total. The lowest BCUT2D eigenvalue weighted by Gasteiger charge is -1.89. The van der Waals surface area contributed by atoms with Crippen molar-refractivity contribution in [3.05, 3.63) is 11.9 Å². The van der Waals surface area contributed by atoms with Crippen molar-refractivity contribution in [2.24, 2.45) is 12.8 Å². The third-order valence-electron chi connectivity index (χ3n) is 1.13. The number of carbonyl (C=O) groups excluding carboxylic acids is 1. The van der Waals surface area contributed by atoms with Gasteiger partial charge in [-0.15, -0.1) is 0 Å². The van der Waals surface area contributed by atoms with Crippen molar-refractivity contribution in [3.8, 4) is 0 Å². The highest BCUT2D eigenvalue weighted by atomic mass is 16.1. The van der Waals surface area contributed by atoms with Gasteiger partial charge in [-0.3, -0.25) is 9.48 Å². The summed E-state index contributed by atoms with van der Waals surface area (Å²) in [4.78, 5) is 10.2. The van der Waals surface area contributed by atoms with E-state index in [9.17, 15) is 4.79 Å². The standard InChI is InChI=1S/C5H7N3O.CH5N/c1-8-5(3-9)4(6)2-7-8;1-2/h2-3H,6H2,1H3;2H2,1H3. The van der Waals surface area contributed by atoms with E-state index in [2.05, 4.69) is 10.8 Å². The average Bonchev–Trinajstić information content (AvgIpc) is 2.35. The fourth-order valence-electron chi connectivity index (χ4n) is 0.608. The van der Waals surface area contributed by atoms with Crippen LogP contribution in [0, 0.1) is 0 Å². The Morgan fingerprint density at radius 1 is 1.64 bits per heavy atom. The largest absolute Gasteiger partial charge is 0.396 e. The second kappa shape index (κ2) is 4.45. The number of aryl methyl sites for hydroxylation is 1. The van der Waals surface area contributed by atoms with Gasteiger partial charge in [0.15, 0.2) is 6.29 Å². The molecular weight excluding hydrogens is 144 g/mol. The highest BCUT2D eigenvalue weighted by molar-refractivity contribution is 5.80. The molecule has 0 unspecified atom stereocenters. The number of aromatic nitrogens is 2. The molecule has 0 aliphatic carbocycles. The first kappa shape index (κ1) is 9.64. The van der Waals surface area contributed by atoms with Gasteiger partial charge < -0.3 is 11.5 Å². The van der Waals surface area contributed by atoms with Crippen molar-refractivity contribution < 1.29 is 4.79 Å². The summed E-state index contributed by atoms with van der Waals surface area (Å²) in [6.45, 7) is 0. The molecule has 5 heteroatoms. The summed E-state index contributed by atoms with van der Waals surface area (Å²) in [6.07, 6.45) is 2.13. The monoisotopic (exact) mass is 156 g/mol. The normalized spacial score (nSPS) is 8.27. The molecule has 0 aliphatic rings. The van der Waals surface area contributed by atoms with Crippen LogP contribution < -0.4 is 11.5 Å². The first-order chi connectivity index (χ1) is 5.25. The van der Waals surface area contributed by atoms with Crippen molar-refractivity contribution >= 4 is 12.0 Å². The van der Waals surface area contributed by atoms with Crippen LogP contribution in [0.2, 0.25) is 0 Å². The number of aldehydes is 1. The van der Waals surface area contributed by atoms with Gasteiger partial charge in [-0.1, -0.05) is 0 Å². The van der Waals surface area contributed by atoms with Crippen LogP contribution in [0.1, 0.15) is 10.5 Å². The summed E-state index contributed by atoms with van der Waals surface area (Å²) in [6, 6.07) is 0. The van der Waals surface area contributed by atoms with Crippen molar-refractivity contribution in [2.45, 2.75) is 0 Å². The van der Waals surface area contributed by atoms with Crippen LogP contribution in [0.4, 0.5) is 5.69 Å². The van der Waals surface area contributed by atoms with Gasteiger partial charge in [-0.2, -0.15) is 5.10 Å². The van der Waals surface area contributed by atoms with Crippen LogP contribution in [0.5, 0.6) is 0 Å². The number of hydrogen-bond donors (Lipinski definition) is 2. The predicted octanol–water partition coefficient (Wildman–Crippen LogP) is -0.610. The van der Waals surface area contributed by atoms with E-state index < -0.39 is 0 Å². The van der Waals surface area contributed by atoms with E-state index in [4.69, 9.17) is 5.73 Å². The van der Waals surface area contributed by atoms with Crippen molar-refractivity contribution in [2.75, 3.05) is 12.8 Å². The fraction of sp³-hybridized carbons (Fsp3) is 0.333. The molecule has 1 aromatic rings. The number of nitrogen functional groups attached to an aromatic ring is 1. The summed E-state index contributed by atoms with van der Waals surface area (Å²) < 4.78 is 1.43. The maximum absolute atomic E-state index is 10.2. The smallest absolute Gasteiger partial charge is 0.170 e. The molecule has 4 N–H and O–H groups in total. The summed E-state index contributed by atoms with van der Waals surface area (Å²) in [7, 11) is 3.17. The zero-order valence-corrected chi connectivity index (χ0v) is 6.61. The van der Waals surface area contributed by atoms with Crippen molar-refractivity contribution in [3.63, 3.8) is 0 Å². The van der Waals surface area contributed by atoms with Crippen LogP contribution in [0.3, 0.4) is 0 Å². The van der Waals surface area contributed by atoms with E-state index in [1.54, 1.807) is 7.05 Å². The molecule has 0 atom stereocenters. The molecule has 1 rings (SSSR count). The van der Waals surface area contributed by atoms with Crippen LogP contribution in [-0.2, 0) is 7.05 Å². The van der Waals surface area contributed by atoms with Gasteiger partial charge in [0.25, 0.3) is 0 Å². The lowest BCUT2D eigenvalue weighted by molar-refractivity contribution is 0.111. The Balaban J connectivity index is 0.000000461. The Bertz CT molecular complexity index is 211. The molecular formula is C6H12N4O. The van der Waals surface area contributed by atoms with Crippen molar-refractivity contribution in [1.29, 1.82) is 0 Å². The molecule has 0 saturated heterocycles. The summed E-state index contributed by atoms with van der Waals surface area (Å²) in [5.41, 5.74) is 10.7. The Morgan fingerprint density at radius 2 is 2.18 bits per heavy atom. The SMILES string of the molecule is CN.Cn1ncc(N)c1C=O. The second-order valence-electron chi connectivity index (χ2n) is 1.73. The summed E-state index contributed by atoms with van der Waals surface area (Å²) in [5, 5.41) is 3.75. The minimum atomic E-state index is 0.424. The molecule has 1 aromatic heterocycles. The molecule has 0 saturated carbocycles. The average molecular weight is 156 g/mol. The van der Waals surface area contributed by atoms with Crippen LogP contribution in [0.15, 0.2) is 6.20 Å². The van der Waals surface area contributed by atoms with Gasteiger partial charge in [-0.25, -0.2) is 0 Å². The molecule has 11 heavy (non-hydrogen) atoms. The van der Waals surface area contributed by atoms with Crippen LogP contribution >= 0.6 is 0 Å². The molecule has 0 fully saturated rings. The maximum Gasteiger partial charge on any atom is 0.170 e. The Morgan fingerprint density at radius 3 is 2.36 bits per heavy atom. The van der Waals surface area contributed by atoms with Gasteiger partial charge in [0, 0.05) is 7.05 Å². The first-order valence-electron chi connectivity index (χ1n) is 3.06. The van der Waals surface area contributed by atoms with E-state index >= 15 is 0 Å². The van der Waals surface area contributed by atoms with E-state index in [1.807, 2.05) is 0 Å². The van der Waals surface area contributed by atoms with Crippen molar-refractivity contribution in [1.82, 2.24) is 9.78 Å². The fourth-order valence-corrected chi connectivity index (χ4v) is 0.608. The number of rotatable bonds is 1. The Hall–Kier alpha value is -1.36. The molecule has 0 aliphatic heterocycles. The zero-order valence-electron chi connectivity index (χ0n) is 6.61. The molecule has 0 aromatic carbocycles. The number of nitrogens with zero attached hydrogens (tertiary/aromatic N) is 2. The molecule has 0 spiro atoms. The van der Waals surface area contributed by atoms with E-state index in [0.29, 0.717) is 17.7 Å². The highest BCUT2D eigenvalue weighted by Gasteiger charge is 2.00. The van der Waals surface area contributed by atoms with Gasteiger partial charge >= 0.3 is 0 Å². The number of carbonyl (C=O) groups is 1. The molecule has 0 amide bonds. The quantitative estimate of drug-likeness (QED) is 0.531. The van der Waals surface area contributed by atoms with Gasteiger partial charge in [0.1, 0.15) is 5.69 Å². The van der Waals surface area contributed by atoms with Gasteiger partial charge in [0.05, 0.1) is 11.9 Å². The third-order valence-corrected chi connectivity index (χ3v) is 1.13. The summed E-state index contributed by atoms with van der Waals surface area (Å²) in [5.74, 6) is 0. The molecule has 1 heterocycles. The minimum absolute atomic E-state index is 0.424. The lowest BCUT2D eigenvalue weighted by atomic mass is 10.4. The van der Waals surface area contributed by atoms with E-state index in [0.717, 1.165) is 0 Å². The first-order valence-corrected chi connectivity index (χ1v) is 3.06. The topological polar surface area (TPSA) is 86.9 Å². The van der Waals surface area contributed by atoms with E-state index in [1.165, 1.54) is 17.9 Å². The summed E-state index contributed by atoms with van der Waals surface area (Å²) >= 11 is 0. The van der Waals surface area contributed by atoms with Crippen LogP contribution in [-0.4, -0.2) is 23.1 Å². The minimum Gasteiger partial charge on any atom is -0.396 e. The number of nitrogens with two attached hydrogens (primary N) is 2. The number of hydrogen-bond acceptors (Lipinski definition) is 4. The Labute approximate surface area is 65.0 Å². The molecule has 0 radical (unpaired) electrons. The number of anilines is 1. The highest BCUT2D eigenvalue weighted by Crippen LogP contribution is 2.04. The second-order valence-corrected chi connectivity index (χ2v) is 1.73. The third kappa shape index (κ3) is 2.05. The van der Waals surface area contributed by atoms with Gasteiger partial charge in [0.2, 0.25) is 0 Å². The lowest BCUT2D eigenvalue weighted by Crippen LogP contribution is -1.98. The van der Waals surface area contributed by atoms with E-state index in [-0.39, 0.29) is 0 Å². The van der Waals surface area contributed by atoms with Crippen LogP contribution in [0.25, 0.3) is 0 Å². The Kier molecular flexibility index (Phi) is 3.90. The molecule has 62 valence electrons. The maximum atomic E-state index is 10.2. The zero-order chi connectivity index (χ0) is 8.85.